The van der Waals surface area contributed by atoms with Crippen LogP contribution in [0.25, 0.3) is 11.6 Å². The van der Waals surface area contributed by atoms with Gasteiger partial charge in [0.1, 0.15) is 11.6 Å². The molecular weight excluding hydrogens is 748 g/mol. The number of benzene rings is 2. The SMILES string of the molecule is CCN(CC)CCNC(=O)c1c(C)[nH]c(/C=C2\C(=O)N(C(=O)C(CCOC(=O)C(C)C)CNC(=O)CCC(=O)NCc3ccc(OC)cc3)c3ccc(F)cc32)c1C. The lowest BCUT2D eigenvalue weighted by atomic mass is 10.0. The number of methoxy groups -OCH3 is 1. The van der Waals surface area contributed by atoms with Crippen molar-refractivity contribution in [1.82, 2.24) is 25.8 Å². The van der Waals surface area contributed by atoms with Crippen LogP contribution in [0.4, 0.5) is 10.1 Å². The fourth-order valence-corrected chi connectivity index (χ4v) is 6.53. The summed E-state index contributed by atoms with van der Waals surface area (Å²) >= 11 is 0. The molecule has 1 atom stereocenters. The number of carbonyl (C=O) groups excluding carboxylic acids is 6. The van der Waals surface area contributed by atoms with Crippen LogP contribution in [-0.2, 0) is 35.3 Å². The standard InChI is InChI=1S/C43H55FN6O8/c1-8-49(9-2)20-19-45-40(53)39-27(5)35(48-28(39)6)23-34-33-22-31(44)12-15-36(33)50(42(34)55)41(54)30(18-21-58-43(56)26(3)4)25-47-38(52)17-16-37(51)46-24-29-10-13-32(57-7)14-11-29/h10-15,22-23,26,30,48H,8-9,16-21,24-25H2,1-7H3,(H,45,53)(H,46,51)(H,47,52)/b34-23-. The maximum atomic E-state index is 14.7. The van der Waals surface area contributed by atoms with Gasteiger partial charge in [-0.2, -0.15) is 0 Å². The molecule has 14 nitrogen and oxygen atoms in total. The van der Waals surface area contributed by atoms with Crippen molar-refractivity contribution < 1.29 is 42.6 Å². The highest BCUT2D eigenvalue weighted by molar-refractivity contribution is 6.42. The molecule has 2 aromatic carbocycles. The van der Waals surface area contributed by atoms with Crippen LogP contribution in [0, 0.1) is 31.5 Å². The molecule has 0 fully saturated rings. The van der Waals surface area contributed by atoms with E-state index in [9.17, 15) is 33.2 Å². The van der Waals surface area contributed by atoms with E-state index < -0.39 is 41.3 Å². The van der Waals surface area contributed by atoms with E-state index in [2.05, 4.69) is 39.7 Å². The number of aryl methyl sites for hydroxylation is 1. The summed E-state index contributed by atoms with van der Waals surface area (Å²) in [6.07, 6.45) is 1.19. The molecule has 1 unspecified atom stereocenters. The molecule has 312 valence electrons. The van der Waals surface area contributed by atoms with Gasteiger partial charge in [-0.3, -0.25) is 28.8 Å². The van der Waals surface area contributed by atoms with Gasteiger partial charge in [0, 0.05) is 56.0 Å². The number of nitrogens with zero attached hydrogens (tertiary/aromatic N) is 2. The van der Waals surface area contributed by atoms with Crippen LogP contribution in [0.5, 0.6) is 5.75 Å². The van der Waals surface area contributed by atoms with Gasteiger partial charge in [0.05, 0.1) is 42.4 Å². The molecule has 1 aromatic heterocycles. The molecule has 3 aromatic rings. The molecule has 0 bridgehead atoms. The number of rotatable bonds is 20. The summed E-state index contributed by atoms with van der Waals surface area (Å²) in [5.74, 6) is -4.44. The number of carbonyl (C=O) groups is 6. The van der Waals surface area contributed by atoms with Crippen LogP contribution in [0.2, 0.25) is 0 Å². The Hall–Kier alpha value is -5.83. The van der Waals surface area contributed by atoms with Gasteiger partial charge in [0.25, 0.3) is 11.8 Å². The molecule has 0 saturated heterocycles. The van der Waals surface area contributed by atoms with Gasteiger partial charge in [-0.15, -0.1) is 0 Å². The van der Waals surface area contributed by atoms with Crippen molar-refractivity contribution in [2.45, 2.75) is 67.3 Å². The number of esters is 1. The summed E-state index contributed by atoms with van der Waals surface area (Å²) in [7, 11) is 1.56. The van der Waals surface area contributed by atoms with E-state index in [0.29, 0.717) is 41.4 Å². The van der Waals surface area contributed by atoms with E-state index in [1.165, 1.54) is 18.2 Å². The molecule has 0 radical (unpaired) electrons. The first kappa shape index (κ1) is 44.9. The van der Waals surface area contributed by atoms with Crippen LogP contribution >= 0.6 is 0 Å². The zero-order chi connectivity index (χ0) is 42.5. The molecule has 58 heavy (non-hydrogen) atoms. The minimum absolute atomic E-state index is 0.0235. The summed E-state index contributed by atoms with van der Waals surface area (Å²) < 4.78 is 25.2. The van der Waals surface area contributed by atoms with Crippen molar-refractivity contribution in [3.8, 4) is 5.75 Å². The highest BCUT2D eigenvalue weighted by Gasteiger charge is 2.40. The molecule has 1 aliphatic rings. The van der Waals surface area contributed by atoms with Gasteiger partial charge in [-0.05, 0) is 80.9 Å². The summed E-state index contributed by atoms with van der Waals surface area (Å²) in [4.78, 5) is 85.7. The Morgan fingerprint density at radius 2 is 1.62 bits per heavy atom. The number of anilines is 1. The number of amides is 5. The second kappa shape index (κ2) is 21.1. The molecule has 0 saturated carbocycles. The van der Waals surface area contributed by atoms with Crippen molar-refractivity contribution in [3.05, 3.63) is 81.9 Å². The van der Waals surface area contributed by atoms with E-state index in [1.807, 2.05) is 12.1 Å². The van der Waals surface area contributed by atoms with Gasteiger partial charge >= 0.3 is 5.97 Å². The number of ether oxygens (including phenoxy) is 2. The average Bonchev–Trinajstić information content (AvgIpc) is 3.64. The number of hydrogen-bond donors (Lipinski definition) is 4. The Kier molecular flexibility index (Phi) is 16.3. The molecule has 1 aliphatic heterocycles. The Morgan fingerprint density at radius 3 is 2.26 bits per heavy atom. The predicted octanol–water partition coefficient (Wildman–Crippen LogP) is 4.68. The minimum atomic E-state index is -1.05. The Bertz CT molecular complexity index is 2000. The number of aromatic amines is 1. The van der Waals surface area contributed by atoms with Crippen LogP contribution in [0.3, 0.4) is 0 Å². The zero-order valence-corrected chi connectivity index (χ0v) is 34.4. The van der Waals surface area contributed by atoms with Crippen molar-refractivity contribution >= 4 is 52.8 Å². The van der Waals surface area contributed by atoms with E-state index >= 15 is 0 Å². The van der Waals surface area contributed by atoms with Crippen molar-refractivity contribution in [2.24, 2.45) is 11.8 Å². The quantitative estimate of drug-likeness (QED) is 0.0933. The smallest absolute Gasteiger partial charge is 0.308 e. The van der Waals surface area contributed by atoms with Gasteiger partial charge in [0.2, 0.25) is 17.7 Å². The van der Waals surface area contributed by atoms with Gasteiger partial charge in [-0.1, -0.05) is 39.8 Å². The number of likely N-dealkylation sites (N-methyl/N-ethyl adjacent to an activating group) is 1. The zero-order valence-electron chi connectivity index (χ0n) is 34.4. The first-order valence-corrected chi connectivity index (χ1v) is 19.6. The number of halogens is 1. The lowest BCUT2D eigenvalue weighted by molar-refractivity contribution is -0.148. The Balaban J connectivity index is 1.51. The normalized spacial score (nSPS) is 13.4. The minimum Gasteiger partial charge on any atom is -0.497 e. The molecule has 2 heterocycles. The lowest BCUT2D eigenvalue weighted by Gasteiger charge is -2.23. The molecule has 4 rings (SSSR count). The highest BCUT2D eigenvalue weighted by Crippen LogP contribution is 2.40. The number of fused-ring (bicyclic) bond motifs is 1. The molecule has 4 N–H and O–H groups in total. The van der Waals surface area contributed by atoms with Crippen LogP contribution in [0.1, 0.15) is 85.4 Å². The van der Waals surface area contributed by atoms with Crippen molar-refractivity contribution in [1.29, 1.82) is 0 Å². The topological polar surface area (TPSA) is 179 Å². The van der Waals surface area contributed by atoms with E-state index in [4.69, 9.17) is 9.47 Å². The lowest BCUT2D eigenvalue weighted by Crippen LogP contribution is -2.43. The van der Waals surface area contributed by atoms with Gasteiger partial charge < -0.3 is 35.3 Å². The predicted molar refractivity (Wildman–Crippen MR) is 218 cm³/mol. The largest absolute Gasteiger partial charge is 0.497 e. The van der Waals surface area contributed by atoms with Crippen LogP contribution in [-0.4, -0.2) is 91.8 Å². The summed E-state index contributed by atoms with van der Waals surface area (Å²) in [5, 5.41) is 8.41. The number of aromatic nitrogens is 1. The van der Waals surface area contributed by atoms with E-state index in [0.717, 1.165) is 29.6 Å². The van der Waals surface area contributed by atoms with Crippen molar-refractivity contribution in [2.75, 3.05) is 51.3 Å². The number of imide groups is 1. The first-order chi connectivity index (χ1) is 27.7. The Morgan fingerprint density at radius 1 is 0.948 bits per heavy atom. The molecule has 5 amide bonds. The first-order valence-electron chi connectivity index (χ1n) is 19.6. The maximum absolute atomic E-state index is 14.7. The van der Waals surface area contributed by atoms with Crippen LogP contribution < -0.4 is 25.6 Å². The second-order valence-electron chi connectivity index (χ2n) is 14.4. The maximum Gasteiger partial charge on any atom is 0.308 e. The second-order valence-corrected chi connectivity index (χ2v) is 14.4. The number of nitrogens with one attached hydrogen (secondary N) is 4. The summed E-state index contributed by atoms with van der Waals surface area (Å²) in [6, 6.07) is 10.8. The molecule has 0 spiro atoms. The fourth-order valence-electron chi connectivity index (χ4n) is 6.53. The fraction of sp³-hybridized carbons (Fsp3) is 0.442. The molecular formula is C43H55FN6O8. The highest BCUT2D eigenvalue weighted by atomic mass is 19.1. The van der Waals surface area contributed by atoms with Gasteiger partial charge in [-0.25, -0.2) is 9.29 Å². The Labute approximate surface area is 338 Å². The van der Waals surface area contributed by atoms with Crippen LogP contribution in [0.15, 0.2) is 42.5 Å². The number of H-pyrrole nitrogens is 1. The molecule has 0 aliphatic carbocycles. The monoisotopic (exact) mass is 802 g/mol. The third kappa shape index (κ3) is 11.6. The number of hydrogen-bond acceptors (Lipinski definition) is 9. The average molecular weight is 803 g/mol. The van der Waals surface area contributed by atoms with Gasteiger partial charge in [0.15, 0.2) is 0 Å². The molecule has 15 heteroatoms. The van der Waals surface area contributed by atoms with E-state index in [-0.39, 0.29) is 67.6 Å². The third-order valence-electron chi connectivity index (χ3n) is 10.0. The summed E-state index contributed by atoms with van der Waals surface area (Å²) in [5.41, 5.74) is 3.19. The van der Waals surface area contributed by atoms with Crippen molar-refractivity contribution in [3.63, 3.8) is 0 Å². The summed E-state index contributed by atoms with van der Waals surface area (Å²) in [6.45, 7) is 13.6. The van der Waals surface area contributed by atoms with E-state index in [1.54, 1.807) is 46.9 Å². The third-order valence-corrected chi connectivity index (χ3v) is 10.0.